The smallest absolute Gasteiger partial charge is 0.338 e. The molecule has 0 saturated heterocycles. The van der Waals surface area contributed by atoms with E-state index in [4.69, 9.17) is 26.2 Å². The van der Waals surface area contributed by atoms with Crippen LogP contribution in [0.2, 0.25) is 5.02 Å². The van der Waals surface area contributed by atoms with E-state index >= 15 is 0 Å². The van der Waals surface area contributed by atoms with Crippen molar-refractivity contribution in [3.63, 3.8) is 0 Å². The number of para-hydroxylation sites is 1. The molecule has 0 radical (unpaired) electrons. The Kier molecular flexibility index (Phi) is 6.70. The Labute approximate surface area is 201 Å². The Morgan fingerprint density at radius 1 is 1.26 bits per heavy atom. The molecule has 0 bridgehead atoms. The van der Waals surface area contributed by atoms with Crippen molar-refractivity contribution in [3.05, 3.63) is 89.2 Å². The number of hydrogen-bond donors (Lipinski definition) is 2. The van der Waals surface area contributed by atoms with E-state index in [0.717, 1.165) is 5.69 Å². The standard InChI is InChI=1S/C25H23ClN4O4/c1-4-12-34-24(31)21-15(2)27-25(32)28-23(21)18-14-30(17-8-6-5-7-9-17)29-22(18)16-10-11-20(33-3)19(26)13-16/h4-11,13-14,23H,1,12H2,2-3H3,(H2,27,28,32). The number of urea groups is 1. The van der Waals surface area contributed by atoms with Crippen molar-refractivity contribution in [1.29, 1.82) is 0 Å². The molecule has 0 fully saturated rings. The Morgan fingerprint density at radius 3 is 2.71 bits per heavy atom. The molecule has 3 aromatic rings. The maximum Gasteiger partial charge on any atom is 0.338 e. The van der Waals surface area contributed by atoms with Gasteiger partial charge in [0.25, 0.3) is 0 Å². The molecule has 0 aliphatic carbocycles. The van der Waals surface area contributed by atoms with Gasteiger partial charge in [-0.1, -0.05) is 42.5 Å². The molecule has 1 aromatic heterocycles. The van der Waals surface area contributed by atoms with Gasteiger partial charge in [0.05, 0.1) is 35.1 Å². The van der Waals surface area contributed by atoms with Crippen LogP contribution in [-0.2, 0) is 9.53 Å². The highest BCUT2D eigenvalue weighted by Crippen LogP contribution is 2.37. The molecule has 0 spiro atoms. The Hall–Kier alpha value is -4.04. The first-order chi connectivity index (χ1) is 16.4. The fourth-order valence-corrected chi connectivity index (χ4v) is 4.02. The highest BCUT2D eigenvalue weighted by molar-refractivity contribution is 6.32. The number of nitrogens with zero attached hydrogens (tertiary/aromatic N) is 2. The molecule has 8 nitrogen and oxygen atoms in total. The van der Waals surface area contributed by atoms with Crippen LogP contribution in [-0.4, -0.2) is 35.5 Å². The number of aromatic nitrogens is 2. The highest BCUT2D eigenvalue weighted by atomic mass is 35.5. The molecule has 1 aliphatic rings. The zero-order chi connectivity index (χ0) is 24.2. The summed E-state index contributed by atoms with van der Waals surface area (Å²) in [6.45, 7) is 5.28. The van der Waals surface area contributed by atoms with Crippen LogP contribution in [0.25, 0.3) is 16.9 Å². The molecule has 2 aromatic carbocycles. The van der Waals surface area contributed by atoms with E-state index in [1.807, 2.05) is 36.4 Å². The summed E-state index contributed by atoms with van der Waals surface area (Å²) >= 11 is 6.39. The van der Waals surface area contributed by atoms with Gasteiger partial charge in [-0.05, 0) is 37.3 Å². The van der Waals surface area contributed by atoms with Crippen LogP contribution in [0.3, 0.4) is 0 Å². The van der Waals surface area contributed by atoms with Crippen LogP contribution in [0, 0.1) is 0 Å². The van der Waals surface area contributed by atoms with Gasteiger partial charge in [0.2, 0.25) is 0 Å². The SMILES string of the molecule is C=CCOC(=O)C1=C(C)NC(=O)NC1c1cn(-c2ccccc2)nc1-c1ccc(OC)c(Cl)c1. The number of esters is 1. The zero-order valence-electron chi connectivity index (χ0n) is 18.7. The normalized spacial score (nSPS) is 15.4. The fraction of sp³-hybridized carbons (Fsp3) is 0.160. The van der Waals surface area contributed by atoms with E-state index in [9.17, 15) is 9.59 Å². The molecule has 2 heterocycles. The number of benzene rings is 2. The number of carbonyl (C=O) groups excluding carboxylic acids is 2. The lowest BCUT2D eigenvalue weighted by molar-refractivity contribution is -0.138. The second-order valence-corrected chi connectivity index (χ2v) is 7.93. The number of allylic oxidation sites excluding steroid dienone is 1. The first-order valence-electron chi connectivity index (χ1n) is 10.5. The maximum atomic E-state index is 12.9. The predicted octanol–water partition coefficient (Wildman–Crippen LogP) is 4.56. The zero-order valence-corrected chi connectivity index (χ0v) is 19.4. The maximum absolute atomic E-state index is 12.9. The van der Waals surface area contributed by atoms with Crippen LogP contribution in [0.4, 0.5) is 4.79 Å². The van der Waals surface area contributed by atoms with E-state index in [2.05, 4.69) is 17.2 Å². The summed E-state index contributed by atoms with van der Waals surface area (Å²) in [4.78, 5) is 25.3. The summed E-state index contributed by atoms with van der Waals surface area (Å²) in [6.07, 6.45) is 3.27. The molecule has 0 saturated carbocycles. The summed E-state index contributed by atoms with van der Waals surface area (Å²) in [7, 11) is 1.54. The summed E-state index contributed by atoms with van der Waals surface area (Å²) in [5.74, 6) is -0.0462. The lowest BCUT2D eigenvalue weighted by Gasteiger charge is -2.27. The molecule has 34 heavy (non-hydrogen) atoms. The van der Waals surface area contributed by atoms with Crippen molar-refractivity contribution < 1.29 is 19.1 Å². The van der Waals surface area contributed by atoms with Gasteiger partial charge in [0, 0.05) is 23.0 Å². The van der Waals surface area contributed by atoms with Crippen molar-refractivity contribution in [2.24, 2.45) is 0 Å². The van der Waals surface area contributed by atoms with Crippen molar-refractivity contribution in [1.82, 2.24) is 20.4 Å². The van der Waals surface area contributed by atoms with Crippen molar-refractivity contribution >= 4 is 23.6 Å². The van der Waals surface area contributed by atoms with Gasteiger partial charge in [-0.25, -0.2) is 14.3 Å². The lowest BCUT2D eigenvalue weighted by atomic mass is 9.93. The van der Waals surface area contributed by atoms with E-state index < -0.39 is 18.0 Å². The number of amides is 2. The molecule has 1 unspecified atom stereocenters. The van der Waals surface area contributed by atoms with Crippen LogP contribution in [0.15, 0.2) is 78.7 Å². The largest absolute Gasteiger partial charge is 0.495 e. The van der Waals surface area contributed by atoms with E-state index in [0.29, 0.717) is 33.3 Å². The minimum absolute atomic E-state index is 0.0422. The summed E-state index contributed by atoms with van der Waals surface area (Å²) in [5.41, 5.74) is 3.32. The van der Waals surface area contributed by atoms with Gasteiger partial charge in [-0.3, -0.25) is 0 Å². The van der Waals surface area contributed by atoms with Crippen molar-refractivity contribution in [3.8, 4) is 22.7 Å². The van der Waals surface area contributed by atoms with Crippen LogP contribution >= 0.6 is 11.6 Å². The molecule has 2 amide bonds. The highest BCUT2D eigenvalue weighted by Gasteiger charge is 2.35. The van der Waals surface area contributed by atoms with Crippen LogP contribution in [0.1, 0.15) is 18.5 Å². The average Bonchev–Trinajstić information content (AvgIpc) is 3.28. The van der Waals surface area contributed by atoms with Gasteiger partial charge < -0.3 is 20.1 Å². The van der Waals surface area contributed by atoms with E-state index in [1.54, 1.807) is 29.9 Å². The second-order valence-electron chi connectivity index (χ2n) is 7.52. The fourth-order valence-electron chi connectivity index (χ4n) is 3.76. The average molecular weight is 479 g/mol. The first kappa shape index (κ1) is 23.1. The van der Waals surface area contributed by atoms with Gasteiger partial charge in [0.15, 0.2) is 0 Å². The molecule has 4 rings (SSSR count). The Bertz CT molecular complexity index is 1280. The van der Waals surface area contributed by atoms with E-state index in [-0.39, 0.29) is 12.2 Å². The number of methoxy groups -OCH3 is 1. The Balaban J connectivity index is 1.89. The third kappa shape index (κ3) is 4.53. The van der Waals surface area contributed by atoms with Gasteiger partial charge in [-0.15, -0.1) is 0 Å². The van der Waals surface area contributed by atoms with Gasteiger partial charge in [0.1, 0.15) is 12.4 Å². The number of nitrogens with one attached hydrogen (secondary N) is 2. The first-order valence-corrected chi connectivity index (χ1v) is 10.9. The number of carbonyl (C=O) groups is 2. The Morgan fingerprint density at radius 2 is 2.03 bits per heavy atom. The van der Waals surface area contributed by atoms with Crippen LogP contribution < -0.4 is 15.4 Å². The van der Waals surface area contributed by atoms with Crippen molar-refractivity contribution in [2.75, 3.05) is 13.7 Å². The monoisotopic (exact) mass is 478 g/mol. The quantitative estimate of drug-likeness (QED) is 0.383. The lowest BCUT2D eigenvalue weighted by Crippen LogP contribution is -2.45. The number of rotatable bonds is 7. The molecular weight excluding hydrogens is 456 g/mol. The van der Waals surface area contributed by atoms with Gasteiger partial charge in [-0.2, -0.15) is 5.10 Å². The topological polar surface area (TPSA) is 94.5 Å². The third-order valence-electron chi connectivity index (χ3n) is 5.32. The predicted molar refractivity (Wildman–Crippen MR) is 129 cm³/mol. The number of hydrogen-bond acceptors (Lipinski definition) is 5. The molecule has 174 valence electrons. The minimum atomic E-state index is -0.806. The molecule has 2 N–H and O–H groups in total. The van der Waals surface area contributed by atoms with Gasteiger partial charge >= 0.3 is 12.0 Å². The van der Waals surface area contributed by atoms with Crippen LogP contribution in [0.5, 0.6) is 5.75 Å². The molecule has 1 atom stereocenters. The molecule has 9 heteroatoms. The third-order valence-corrected chi connectivity index (χ3v) is 5.62. The summed E-state index contributed by atoms with van der Waals surface area (Å²) in [5, 5.41) is 10.7. The number of ether oxygens (including phenoxy) is 2. The number of halogens is 1. The van der Waals surface area contributed by atoms with E-state index in [1.165, 1.54) is 13.2 Å². The molecular formula is C25H23ClN4O4. The second kappa shape index (κ2) is 9.84. The summed E-state index contributed by atoms with van der Waals surface area (Å²) < 4.78 is 12.3. The minimum Gasteiger partial charge on any atom is -0.495 e. The van der Waals surface area contributed by atoms with Crippen molar-refractivity contribution in [2.45, 2.75) is 13.0 Å². The molecule has 1 aliphatic heterocycles. The summed E-state index contributed by atoms with van der Waals surface area (Å²) in [6, 6.07) is 13.6.